The van der Waals surface area contributed by atoms with E-state index in [2.05, 4.69) is 76.7 Å². The first kappa shape index (κ1) is 87.8. The van der Waals surface area contributed by atoms with E-state index in [0.717, 1.165) is 91.7 Å². The molecule has 16 nitrogen and oxygen atoms in total. The first-order valence-electron chi connectivity index (χ1n) is 19.6. The number of alkyl halides is 1. The van der Waals surface area contributed by atoms with Gasteiger partial charge in [-0.1, -0.05) is 41.2 Å². The summed E-state index contributed by atoms with van der Waals surface area (Å²) in [5.41, 5.74) is 7.29. The number of aliphatic imine (C=N–C) groups is 1. The third-order valence-electron chi connectivity index (χ3n) is 6.41. The van der Waals surface area contributed by atoms with Crippen molar-refractivity contribution in [2.45, 2.75) is 40.5 Å². The topological polar surface area (TPSA) is 245 Å². The smallest absolute Gasteiger partial charge is 0.244 e. The summed E-state index contributed by atoms with van der Waals surface area (Å²) in [5, 5.41) is 29.1. The summed E-state index contributed by atoms with van der Waals surface area (Å²) in [5.74, 6) is 5.50. The van der Waals surface area contributed by atoms with E-state index in [0.29, 0.717) is 39.3 Å². The molecule has 0 aromatic rings. The number of carbonyl (C=O) groups excluding carboxylic acids is 5. The summed E-state index contributed by atoms with van der Waals surface area (Å²) in [7, 11) is 0. The Bertz CT molecular complexity index is 1170. The van der Waals surface area contributed by atoms with Gasteiger partial charge in [0, 0.05) is 146 Å². The van der Waals surface area contributed by atoms with E-state index < -0.39 is 5.24 Å². The Balaban J connectivity index is -0.0000000720. The maximum Gasteiger partial charge on any atom is 0.244 e. The van der Waals surface area contributed by atoms with Gasteiger partial charge in [0.15, 0.2) is 5.90 Å². The van der Waals surface area contributed by atoms with Gasteiger partial charge in [0.05, 0.1) is 39.5 Å². The third kappa shape index (κ3) is 84.2. The van der Waals surface area contributed by atoms with Gasteiger partial charge in [-0.25, -0.2) is 0 Å². The van der Waals surface area contributed by atoms with Crippen molar-refractivity contribution >= 4 is 98.5 Å². The van der Waals surface area contributed by atoms with Crippen LogP contribution in [0.5, 0.6) is 0 Å². The van der Waals surface area contributed by atoms with Crippen LogP contribution >= 0.6 is 63.7 Å². The molecule has 0 aromatic carbocycles. The molecule has 10 N–H and O–H groups in total. The van der Waals surface area contributed by atoms with E-state index in [1.54, 1.807) is 40.6 Å². The van der Waals surface area contributed by atoms with E-state index >= 15 is 0 Å². The zero-order valence-corrected chi connectivity index (χ0v) is 50.9. The van der Waals surface area contributed by atoms with E-state index in [-0.39, 0.29) is 118 Å². The van der Waals surface area contributed by atoms with Gasteiger partial charge in [0.25, 0.3) is 0 Å². The Morgan fingerprint density at radius 3 is 1.45 bits per heavy atom. The molecule has 0 unspecified atom stereocenters. The fourth-order valence-corrected chi connectivity index (χ4v) is 5.06. The fraction of sp³-hybridized carbons (Fsp3) is 0.650. The molecule has 1 aliphatic rings. The fourth-order valence-electron chi connectivity index (χ4n) is 3.53. The van der Waals surface area contributed by atoms with Crippen LogP contribution in [0, 0.1) is 31.1 Å². The van der Waals surface area contributed by atoms with Gasteiger partial charge < -0.3 is 76.4 Å². The molecule has 25 heteroatoms. The van der Waals surface area contributed by atoms with Crippen molar-refractivity contribution < 1.29 is 130 Å². The number of thioether (sulfide) groups is 2. The molecule has 1 aliphatic heterocycles. The van der Waals surface area contributed by atoms with E-state index in [4.69, 9.17) is 31.7 Å². The number of hydrogen-bond acceptors (Lipinski definition) is 13. The number of allylic oxidation sites excluding steroid dienone is 2. The second kappa shape index (κ2) is 75.3. The molecule has 0 saturated heterocycles. The minimum Gasteiger partial charge on any atom is -1.00 e. The van der Waals surface area contributed by atoms with Crippen LogP contribution in [0.4, 0.5) is 0 Å². The standard InChI is InChI=1S/C12H22N2O3S.C9H20N2O2S.C7H13NO2.C4H7NO.C3H5Br.C3H3ClO.C2H7NS.2ClH.U.V/c1-3-12(17)13-5-10-18-9-4-6-14(7-8-15)11(2)16;1-9(13)11(5-6-12)4-2-7-14-8-3-10;1-3-4-8(5-6-9)7(2)10;1-4-5-2-3-6-4;1-2-3-4;1-2-3(4)5;3-1-2-4;;;;/h3,15H,1,4-10H2,2H3,(H,13,17);12H,2-8,10H2,1H3;3,9H,1,4-6H2,2H3;2-3H2,1H3;2H,1,3H2;2H,1H2;4H,1-3H2;2*1H;;. The molecule has 4 amide bonds. The van der Waals surface area contributed by atoms with E-state index in [1.807, 2.05) is 18.7 Å². The number of amides is 4. The van der Waals surface area contributed by atoms with Gasteiger partial charge in [-0.2, -0.15) is 36.2 Å². The minimum absolute atomic E-state index is 0. The molecule has 1 radical (unpaired) electrons. The van der Waals surface area contributed by atoms with Crippen molar-refractivity contribution in [2.24, 2.45) is 4.99 Å². The Morgan fingerprint density at radius 2 is 1.20 bits per heavy atom. The Hall–Kier alpha value is -0.184. The predicted molar refractivity (Wildman–Crippen MR) is 264 cm³/mol. The molecule has 0 saturated carbocycles. The normalized spacial score (nSPS) is 9.51. The number of hydrogen-bond donors (Lipinski definition) is 7. The maximum absolute atomic E-state index is 11.2. The number of halogens is 4. The van der Waals surface area contributed by atoms with Crippen molar-refractivity contribution in [3.8, 4) is 0 Å². The number of carbonyl (C=O) groups is 5. The van der Waals surface area contributed by atoms with Crippen molar-refractivity contribution in [1.82, 2.24) is 20.0 Å². The summed E-state index contributed by atoms with van der Waals surface area (Å²) in [6.45, 7) is 27.1. The van der Waals surface area contributed by atoms with Gasteiger partial charge in [-0.15, -0.1) is 13.2 Å². The van der Waals surface area contributed by atoms with Gasteiger partial charge in [-0.3, -0.25) is 29.0 Å². The number of nitrogens with one attached hydrogen (secondary N) is 1. The summed E-state index contributed by atoms with van der Waals surface area (Å²) in [6, 6.07) is 0. The molecule has 65 heavy (non-hydrogen) atoms. The quantitative estimate of drug-likeness (QED) is 0.0115. The van der Waals surface area contributed by atoms with E-state index in [9.17, 15) is 24.0 Å². The number of quaternary nitrogens is 2. The average Bonchev–Trinajstić information content (AvgIpc) is 3.73. The van der Waals surface area contributed by atoms with Crippen LogP contribution in [-0.2, 0) is 47.3 Å². The third-order valence-corrected chi connectivity index (χ3v) is 9.57. The molecule has 1 rings (SSSR count). The van der Waals surface area contributed by atoms with Crippen molar-refractivity contribution in [3.05, 3.63) is 50.6 Å². The molecule has 0 spiro atoms. The number of nitrogens with zero attached hydrogens (tertiary/aromatic N) is 4. The largest absolute Gasteiger partial charge is 1.00 e. The summed E-state index contributed by atoms with van der Waals surface area (Å²) >= 11 is 15.3. The Morgan fingerprint density at radius 1 is 0.800 bits per heavy atom. The number of aliphatic hydroxyl groups excluding tert-OH is 3. The van der Waals surface area contributed by atoms with E-state index in [1.165, 1.54) is 24.8 Å². The van der Waals surface area contributed by atoms with Crippen LogP contribution in [0.2, 0.25) is 0 Å². The van der Waals surface area contributed by atoms with Crippen molar-refractivity contribution in [3.63, 3.8) is 0 Å². The molecule has 383 valence electrons. The van der Waals surface area contributed by atoms with Crippen LogP contribution < -0.4 is 41.6 Å². The zero-order chi connectivity index (χ0) is 48.1. The van der Waals surface area contributed by atoms with Crippen LogP contribution in [0.1, 0.15) is 40.5 Å². The van der Waals surface area contributed by atoms with Crippen LogP contribution in [-0.4, -0.2) is 191 Å². The average molecular weight is 1370 g/mol. The molecule has 0 bridgehead atoms. The molecule has 0 aromatic heterocycles. The van der Waals surface area contributed by atoms with Crippen molar-refractivity contribution in [2.75, 3.05) is 126 Å². The number of thiol groups is 1. The molecule has 0 atom stereocenters. The molecule has 0 aliphatic carbocycles. The Kier molecular flexibility index (Phi) is 102. The first-order chi connectivity index (χ1) is 29.0. The molecule has 0 fully saturated rings. The van der Waals surface area contributed by atoms with Crippen molar-refractivity contribution in [1.29, 1.82) is 0 Å². The number of ether oxygens (including phenoxy) is 1. The SMILES string of the molecule is C=CC(=O)Cl.C=CC(=O)NCCSCCCN(CCO)C(C)=O.C=CCBr.C=CCN(CCO)C(C)=O.CC(=O)N(CCO)CCCSCC[NH3+].CC1=NCCO1.[Cl-].[Cl-].[NH3+]CCS.[U].[V]. The van der Waals surface area contributed by atoms with Gasteiger partial charge >= 0.3 is 0 Å². The monoisotopic (exact) mass is 1370 g/mol. The number of rotatable bonds is 25. The minimum atomic E-state index is -0.509. The molecular weight excluding hydrogens is 1290 g/mol. The van der Waals surface area contributed by atoms with Gasteiger partial charge in [0.1, 0.15) is 6.61 Å². The summed E-state index contributed by atoms with van der Waals surface area (Å²) in [6.07, 6.45) is 7.60. The van der Waals surface area contributed by atoms with Crippen LogP contribution in [0.15, 0.2) is 55.6 Å². The molecular formula is C40H79BrCl3N7O9S3UV. The summed E-state index contributed by atoms with van der Waals surface area (Å²) in [4.78, 5) is 62.0. The van der Waals surface area contributed by atoms with Gasteiger partial charge in [0.2, 0.25) is 28.9 Å². The van der Waals surface area contributed by atoms with Crippen LogP contribution in [0.25, 0.3) is 0 Å². The molecule has 1 heterocycles. The second-order valence-corrected chi connectivity index (χ2v) is 15.4. The second-order valence-electron chi connectivity index (χ2n) is 11.5. The zero-order valence-electron chi connectivity index (χ0n) is 38.9. The maximum atomic E-state index is 11.2. The first-order valence-corrected chi connectivity index (χ1v) is 24.1. The predicted octanol–water partition coefficient (Wildman–Crippen LogP) is -4.44. The summed E-state index contributed by atoms with van der Waals surface area (Å²) < 4.78 is 4.90. The Labute approximate surface area is 466 Å². The van der Waals surface area contributed by atoms with Gasteiger partial charge in [-0.05, 0) is 48.1 Å². The van der Waals surface area contributed by atoms with Crippen LogP contribution in [0.3, 0.4) is 0 Å². The number of aliphatic hydroxyl groups is 3.